The van der Waals surface area contributed by atoms with Crippen molar-refractivity contribution >= 4 is 0 Å². The van der Waals surface area contributed by atoms with Gasteiger partial charge >= 0.3 is 0 Å². The highest BCUT2D eigenvalue weighted by Gasteiger charge is 2.12. The zero-order valence-corrected chi connectivity index (χ0v) is 12.3. The predicted molar refractivity (Wildman–Crippen MR) is 73.9 cm³/mol. The summed E-state index contributed by atoms with van der Waals surface area (Å²) in [6.45, 7) is 16.1. The maximum atomic E-state index is 3.52. The van der Waals surface area contributed by atoms with E-state index in [0.717, 1.165) is 19.0 Å². The fourth-order valence-electron chi connectivity index (χ4n) is 1.92. The molecule has 0 aromatic rings. The second kappa shape index (κ2) is 8.08. The molecule has 0 fully saturated rings. The molecule has 0 radical (unpaired) electrons. The largest absolute Gasteiger partial charge is 0.315 e. The number of rotatable bonds is 8. The van der Waals surface area contributed by atoms with Crippen molar-refractivity contribution in [3.05, 3.63) is 0 Å². The van der Waals surface area contributed by atoms with Crippen LogP contribution in [0, 0.1) is 11.3 Å². The van der Waals surface area contributed by atoms with Crippen LogP contribution in [0.1, 0.15) is 47.5 Å². The third-order valence-electron chi connectivity index (χ3n) is 2.55. The zero-order chi connectivity index (χ0) is 12.6. The average molecular weight is 228 g/mol. The van der Waals surface area contributed by atoms with Gasteiger partial charge in [-0.2, -0.15) is 0 Å². The van der Waals surface area contributed by atoms with Gasteiger partial charge in [-0.3, -0.25) is 0 Å². The lowest BCUT2D eigenvalue weighted by Crippen LogP contribution is -2.35. The number of hydrogen-bond donors (Lipinski definition) is 1. The number of likely N-dealkylation sites (N-methyl/N-ethyl adjacent to an activating group) is 1. The summed E-state index contributed by atoms with van der Waals surface area (Å²) in [5.41, 5.74) is 0.409. The summed E-state index contributed by atoms with van der Waals surface area (Å²) < 4.78 is 0. The van der Waals surface area contributed by atoms with E-state index in [0.29, 0.717) is 5.41 Å². The molecule has 98 valence electrons. The van der Waals surface area contributed by atoms with E-state index in [4.69, 9.17) is 0 Å². The lowest BCUT2D eigenvalue weighted by atomic mass is 9.96. The lowest BCUT2D eigenvalue weighted by molar-refractivity contribution is 0.227. The topological polar surface area (TPSA) is 15.3 Å². The summed E-state index contributed by atoms with van der Waals surface area (Å²) in [5.74, 6) is 0.838. The fourth-order valence-corrected chi connectivity index (χ4v) is 1.92. The average Bonchev–Trinajstić information content (AvgIpc) is 2.07. The molecule has 0 heterocycles. The van der Waals surface area contributed by atoms with Gasteiger partial charge in [0.1, 0.15) is 0 Å². The van der Waals surface area contributed by atoms with Crippen molar-refractivity contribution in [2.75, 3.05) is 33.2 Å². The minimum atomic E-state index is 0.409. The van der Waals surface area contributed by atoms with Crippen LogP contribution < -0.4 is 5.32 Å². The molecule has 0 unspecified atom stereocenters. The van der Waals surface area contributed by atoms with Gasteiger partial charge in [-0.25, -0.2) is 0 Å². The Hall–Kier alpha value is -0.0800. The minimum Gasteiger partial charge on any atom is -0.315 e. The van der Waals surface area contributed by atoms with E-state index < -0.39 is 0 Å². The standard InChI is InChI=1S/C14H32N2/c1-13(2)8-7-9-15-10-11-16(6)12-14(3,4)5/h13,15H,7-12H2,1-6H3. The minimum absolute atomic E-state index is 0.409. The molecule has 0 spiro atoms. The molecule has 2 heteroatoms. The molecule has 0 aliphatic rings. The molecule has 0 aromatic heterocycles. The molecule has 0 aliphatic heterocycles. The Kier molecular flexibility index (Phi) is 8.04. The monoisotopic (exact) mass is 228 g/mol. The van der Waals surface area contributed by atoms with Crippen LogP contribution in [0.3, 0.4) is 0 Å². The third kappa shape index (κ3) is 12.0. The first-order valence-corrected chi connectivity index (χ1v) is 6.70. The maximum absolute atomic E-state index is 3.52. The van der Waals surface area contributed by atoms with Gasteiger partial charge < -0.3 is 10.2 Å². The molecule has 0 amide bonds. The molecule has 0 rings (SSSR count). The SMILES string of the molecule is CC(C)CCCNCCN(C)CC(C)(C)C. The van der Waals surface area contributed by atoms with E-state index in [-0.39, 0.29) is 0 Å². The first-order chi connectivity index (χ1) is 7.31. The van der Waals surface area contributed by atoms with Gasteiger partial charge in [0, 0.05) is 19.6 Å². The fraction of sp³-hybridized carbons (Fsp3) is 1.00. The van der Waals surface area contributed by atoms with Crippen molar-refractivity contribution in [3.8, 4) is 0 Å². The third-order valence-corrected chi connectivity index (χ3v) is 2.55. The van der Waals surface area contributed by atoms with Crippen molar-refractivity contribution in [3.63, 3.8) is 0 Å². The molecular formula is C14H32N2. The Morgan fingerprint density at radius 2 is 1.75 bits per heavy atom. The first-order valence-electron chi connectivity index (χ1n) is 6.70. The van der Waals surface area contributed by atoms with Gasteiger partial charge in [0.25, 0.3) is 0 Å². The Morgan fingerprint density at radius 1 is 1.12 bits per heavy atom. The molecular weight excluding hydrogens is 196 g/mol. The lowest BCUT2D eigenvalue weighted by Gasteiger charge is -2.26. The number of nitrogens with zero attached hydrogens (tertiary/aromatic N) is 1. The Labute approximate surface area is 103 Å². The molecule has 0 saturated carbocycles. The number of nitrogens with one attached hydrogen (secondary N) is 1. The van der Waals surface area contributed by atoms with E-state index in [1.807, 2.05) is 0 Å². The highest BCUT2D eigenvalue weighted by Crippen LogP contribution is 2.13. The summed E-state index contributed by atoms with van der Waals surface area (Å²) in [7, 11) is 2.21. The van der Waals surface area contributed by atoms with Crippen LogP contribution >= 0.6 is 0 Å². The van der Waals surface area contributed by atoms with Crippen molar-refractivity contribution in [2.45, 2.75) is 47.5 Å². The van der Waals surface area contributed by atoms with Gasteiger partial charge in [0.05, 0.1) is 0 Å². The van der Waals surface area contributed by atoms with Crippen molar-refractivity contribution < 1.29 is 0 Å². The molecule has 2 nitrogen and oxygen atoms in total. The molecule has 16 heavy (non-hydrogen) atoms. The van der Waals surface area contributed by atoms with Crippen molar-refractivity contribution in [1.29, 1.82) is 0 Å². The van der Waals surface area contributed by atoms with Crippen LogP contribution in [0.2, 0.25) is 0 Å². The van der Waals surface area contributed by atoms with Crippen LogP contribution in [0.25, 0.3) is 0 Å². The van der Waals surface area contributed by atoms with Crippen LogP contribution in [0.15, 0.2) is 0 Å². The van der Waals surface area contributed by atoms with Gasteiger partial charge in [-0.05, 0) is 37.8 Å². The zero-order valence-electron chi connectivity index (χ0n) is 12.3. The van der Waals surface area contributed by atoms with E-state index in [1.54, 1.807) is 0 Å². The van der Waals surface area contributed by atoms with Gasteiger partial charge in [-0.1, -0.05) is 34.6 Å². The van der Waals surface area contributed by atoms with Gasteiger partial charge in [0.2, 0.25) is 0 Å². The molecule has 0 bridgehead atoms. The summed E-state index contributed by atoms with van der Waals surface area (Å²) >= 11 is 0. The van der Waals surface area contributed by atoms with Crippen molar-refractivity contribution in [2.24, 2.45) is 11.3 Å². The second-order valence-corrected chi connectivity index (χ2v) is 6.58. The van der Waals surface area contributed by atoms with Crippen LogP contribution in [-0.2, 0) is 0 Å². The van der Waals surface area contributed by atoms with E-state index in [1.165, 1.54) is 25.9 Å². The first kappa shape index (κ1) is 15.9. The summed E-state index contributed by atoms with van der Waals surface area (Å²) in [6.07, 6.45) is 2.64. The summed E-state index contributed by atoms with van der Waals surface area (Å²) in [5, 5.41) is 3.52. The van der Waals surface area contributed by atoms with Crippen molar-refractivity contribution in [1.82, 2.24) is 10.2 Å². The van der Waals surface area contributed by atoms with Crippen LogP contribution in [0.4, 0.5) is 0 Å². The Morgan fingerprint density at radius 3 is 2.25 bits per heavy atom. The molecule has 0 aliphatic carbocycles. The van der Waals surface area contributed by atoms with E-state index >= 15 is 0 Å². The highest BCUT2D eigenvalue weighted by molar-refractivity contribution is 4.67. The molecule has 1 N–H and O–H groups in total. The quantitative estimate of drug-likeness (QED) is 0.643. The molecule has 0 saturated heterocycles. The van der Waals surface area contributed by atoms with Crippen LogP contribution in [-0.4, -0.2) is 38.1 Å². The second-order valence-electron chi connectivity index (χ2n) is 6.58. The normalized spacial score (nSPS) is 12.8. The smallest absolute Gasteiger partial charge is 0.0104 e. The molecule has 0 aromatic carbocycles. The predicted octanol–water partition coefficient (Wildman–Crippen LogP) is 2.99. The Balaban J connectivity index is 3.31. The van der Waals surface area contributed by atoms with Gasteiger partial charge in [0.15, 0.2) is 0 Å². The maximum Gasteiger partial charge on any atom is 0.0104 e. The van der Waals surface area contributed by atoms with Gasteiger partial charge in [-0.15, -0.1) is 0 Å². The van der Waals surface area contributed by atoms with E-state index in [2.05, 4.69) is 51.9 Å². The summed E-state index contributed by atoms with van der Waals surface area (Å²) in [4.78, 5) is 2.41. The molecule has 0 atom stereocenters. The van der Waals surface area contributed by atoms with Crippen LogP contribution in [0.5, 0.6) is 0 Å². The van der Waals surface area contributed by atoms with E-state index in [9.17, 15) is 0 Å². The summed E-state index contributed by atoms with van der Waals surface area (Å²) in [6, 6.07) is 0. The highest BCUT2D eigenvalue weighted by atomic mass is 15.1. The Bertz CT molecular complexity index is 159. The number of hydrogen-bond acceptors (Lipinski definition) is 2.